The molecule has 2 saturated carbocycles. The molecule has 0 saturated heterocycles. The molecular weight excluding hydrogens is 318 g/mol. The Bertz CT molecular complexity index is 414. The third-order valence-corrected chi connectivity index (χ3v) is 6.13. The van der Waals surface area contributed by atoms with E-state index in [4.69, 9.17) is 4.55 Å². The van der Waals surface area contributed by atoms with Crippen LogP contribution >= 0.6 is 0 Å². The summed E-state index contributed by atoms with van der Waals surface area (Å²) >= 11 is 4.25. The van der Waals surface area contributed by atoms with Gasteiger partial charge in [-0.3, -0.25) is 8.74 Å². The van der Waals surface area contributed by atoms with Gasteiger partial charge in [0.2, 0.25) is 0 Å². The van der Waals surface area contributed by atoms with Crippen LogP contribution in [0.3, 0.4) is 0 Å². The van der Waals surface area contributed by atoms with Crippen molar-refractivity contribution in [3.05, 3.63) is 0 Å². The third-order valence-electron chi connectivity index (χ3n) is 5.38. The van der Waals surface area contributed by atoms with Crippen LogP contribution in [0, 0.1) is 17.8 Å². The van der Waals surface area contributed by atoms with Gasteiger partial charge in [0, 0.05) is 17.7 Å². The monoisotopic (exact) mass is 349 g/mol. The summed E-state index contributed by atoms with van der Waals surface area (Å²) in [5.41, 5.74) is 0. The lowest BCUT2D eigenvalue weighted by molar-refractivity contribution is 0.124. The van der Waals surface area contributed by atoms with Gasteiger partial charge in [-0.15, -0.1) is 0 Å². The van der Waals surface area contributed by atoms with Crippen LogP contribution in [0.1, 0.15) is 64.2 Å². The lowest BCUT2D eigenvalue weighted by atomic mass is 9.67. The largest absolute Gasteiger partial charge is 0.314 e. The fraction of sp³-hybridized carbons (Fsp3) is 1.00. The molecule has 0 aromatic rings. The summed E-state index contributed by atoms with van der Waals surface area (Å²) in [6.45, 7) is 1.73. The minimum atomic E-state index is -3.45. The van der Waals surface area contributed by atoms with Crippen molar-refractivity contribution >= 4 is 20.2 Å². The minimum Gasteiger partial charge on any atom is -0.314 e. The maximum Gasteiger partial charge on any atom is 0.266 e. The quantitative estimate of drug-likeness (QED) is 0.624. The Balaban J connectivity index is 1.45. The maximum atomic E-state index is 10.7. The fourth-order valence-electron chi connectivity index (χ4n) is 4.26. The van der Waals surface area contributed by atoms with E-state index >= 15 is 0 Å². The van der Waals surface area contributed by atoms with Crippen LogP contribution < -0.4 is 5.32 Å². The smallest absolute Gasteiger partial charge is 0.266 e. The predicted molar refractivity (Wildman–Crippen MR) is 93.6 cm³/mol. The first-order valence-electron chi connectivity index (χ1n) is 8.87. The highest BCUT2D eigenvalue weighted by Crippen LogP contribution is 2.43. The second-order valence-corrected chi connectivity index (χ2v) is 9.33. The predicted octanol–water partition coefficient (Wildman–Crippen LogP) is 3.50. The number of fused-ring (bicyclic) bond motifs is 1. The highest BCUT2D eigenvalue weighted by Gasteiger charge is 2.31. The second kappa shape index (κ2) is 9.52. The van der Waals surface area contributed by atoms with E-state index in [0.717, 1.165) is 24.3 Å². The Morgan fingerprint density at radius 3 is 2.64 bits per heavy atom. The van der Waals surface area contributed by atoms with Crippen LogP contribution in [0.5, 0.6) is 0 Å². The molecule has 2 fully saturated rings. The van der Waals surface area contributed by atoms with Gasteiger partial charge >= 0.3 is 0 Å². The van der Waals surface area contributed by atoms with Crippen molar-refractivity contribution in [2.75, 3.05) is 19.7 Å². The third kappa shape index (κ3) is 7.21. The number of nitrogens with one attached hydrogen (secondary N) is 1. The van der Waals surface area contributed by atoms with Gasteiger partial charge in [-0.05, 0) is 43.6 Å². The Kier molecular flexibility index (Phi) is 8.05. The average molecular weight is 350 g/mol. The zero-order valence-electron chi connectivity index (χ0n) is 13.5. The van der Waals surface area contributed by atoms with Gasteiger partial charge < -0.3 is 5.32 Å². The Morgan fingerprint density at radius 2 is 1.86 bits per heavy atom. The number of hydrogen-bond donors (Lipinski definition) is 2. The first-order valence-corrected chi connectivity index (χ1v) is 11.2. The van der Waals surface area contributed by atoms with E-state index in [2.05, 4.69) is 20.7 Å². The highest BCUT2D eigenvalue weighted by molar-refractivity contribution is 8.27. The van der Waals surface area contributed by atoms with Gasteiger partial charge in [-0.2, -0.15) is 4.21 Å². The summed E-state index contributed by atoms with van der Waals surface area (Å²) in [4.78, 5) is 0. The van der Waals surface area contributed by atoms with Crippen molar-refractivity contribution in [3.8, 4) is 0 Å². The Morgan fingerprint density at radius 1 is 1.09 bits per heavy atom. The summed E-state index contributed by atoms with van der Waals surface area (Å²) in [7, 11) is -3.45. The van der Waals surface area contributed by atoms with E-state index in [1.807, 2.05) is 0 Å². The molecule has 2 N–H and O–H groups in total. The van der Waals surface area contributed by atoms with Crippen molar-refractivity contribution in [2.24, 2.45) is 17.8 Å². The summed E-state index contributed by atoms with van der Waals surface area (Å²) < 4.78 is 24.1. The lowest BCUT2D eigenvalue weighted by Crippen LogP contribution is -2.27. The molecule has 2 aliphatic carbocycles. The minimum absolute atomic E-state index is 0.199. The molecular formula is C16H31NO3S2. The molecule has 22 heavy (non-hydrogen) atoms. The van der Waals surface area contributed by atoms with Crippen molar-refractivity contribution in [3.63, 3.8) is 0 Å². The van der Waals surface area contributed by atoms with Gasteiger partial charge in [-0.1, -0.05) is 44.9 Å². The zero-order chi connectivity index (χ0) is 15.8. The molecule has 2 aliphatic rings. The molecule has 4 nitrogen and oxygen atoms in total. The van der Waals surface area contributed by atoms with Crippen LogP contribution in [-0.2, 0) is 24.4 Å². The van der Waals surface area contributed by atoms with Gasteiger partial charge in [0.25, 0.3) is 9.05 Å². The lowest BCUT2D eigenvalue weighted by Gasteiger charge is -2.39. The van der Waals surface area contributed by atoms with Gasteiger partial charge in [0.05, 0.1) is 6.61 Å². The van der Waals surface area contributed by atoms with Crippen molar-refractivity contribution in [1.82, 2.24) is 5.32 Å². The fourth-order valence-corrected chi connectivity index (χ4v) is 4.76. The normalized spacial score (nSPS) is 31.4. The zero-order valence-corrected chi connectivity index (χ0v) is 15.1. The molecule has 0 heterocycles. The first-order chi connectivity index (χ1) is 10.5. The van der Waals surface area contributed by atoms with Crippen molar-refractivity contribution in [2.45, 2.75) is 64.2 Å². The molecule has 1 unspecified atom stereocenters. The van der Waals surface area contributed by atoms with E-state index in [1.54, 1.807) is 0 Å². The first kappa shape index (κ1) is 18.6. The molecule has 4 atom stereocenters. The van der Waals surface area contributed by atoms with E-state index < -0.39 is 9.05 Å². The highest BCUT2D eigenvalue weighted by atomic mass is 32.9. The van der Waals surface area contributed by atoms with E-state index in [1.165, 1.54) is 64.2 Å². The molecule has 130 valence electrons. The number of unbranched alkanes of at least 4 members (excludes halogenated alkanes) is 1. The molecule has 0 bridgehead atoms. The van der Waals surface area contributed by atoms with Crippen molar-refractivity contribution in [1.29, 1.82) is 0 Å². The summed E-state index contributed by atoms with van der Waals surface area (Å²) in [6, 6.07) is 0. The number of rotatable bonds is 9. The van der Waals surface area contributed by atoms with Gasteiger partial charge in [0.15, 0.2) is 0 Å². The SMILES string of the molecule is O=S(O)(=S)OCCNCCCC[C@H]1CC[C@H]2CCCC[C@H]2C1. The van der Waals surface area contributed by atoms with Gasteiger partial charge in [0.1, 0.15) is 0 Å². The molecule has 0 aromatic heterocycles. The summed E-state index contributed by atoms with van der Waals surface area (Å²) in [5, 5.41) is 3.23. The van der Waals surface area contributed by atoms with Gasteiger partial charge in [-0.25, -0.2) is 0 Å². The van der Waals surface area contributed by atoms with E-state index in [9.17, 15) is 4.21 Å². The van der Waals surface area contributed by atoms with E-state index in [0.29, 0.717) is 6.54 Å². The summed E-state index contributed by atoms with van der Waals surface area (Å²) in [5.74, 6) is 3.05. The molecule has 0 aromatic carbocycles. The van der Waals surface area contributed by atoms with Crippen LogP contribution in [0.2, 0.25) is 0 Å². The van der Waals surface area contributed by atoms with Crippen molar-refractivity contribution < 1.29 is 12.9 Å². The Labute approximate surface area is 140 Å². The molecule has 2 rings (SSSR count). The van der Waals surface area contributed by atoms with Crippen LogP contribution in [0.25, 0.3) is 0 Å². The maximum absolute atomic E-state index is 10.7. The van der Waals surface area contributed by atoms with E-state index in [-0.39, 0.29) is 6.61 Å². The van der Waals surface area contributed by atoms with Crippen LogP contribution in [0.15, 0.2) is 0 Å². The molecule has 0 radical (unpaired) electrons. The topological polar surface area (TPSA) is 58.6 Å². The number of hydrogen-bond acceptors (Lipinski definition) is 4. The molecule has 0 spiro atoms. The average Bonchev–Trinajstić information content (AvgIpc) is 2.48. The second-order valence-electron chi connectivity index (χ2n) is 6.98. The molecule has 6 heteroatoms. The summed E-state index contributed by atoms with van der Waals surface area (Å²) in [6.07, 6.45) is 14.2. The standard InChI is InChI=1S/C16H31NO3S2/c18-22(19,21)20-12-11-17-10-4-3-5-14-8-9-15-6-1-2-7-16(15)13-14/h14-17H,1-13H2,(H,18,19,21)/t14-,15+,16-/m0/s1. The Hall–Kier alpha value is 0.250. The molecule has 0 aliphatic heterocycles. The van der Waals surface area contributed by atoms with Crippen LogP contribution in [0.4, 0.5) is 0 Å². The molecule has 0 amide bonds. The van der Waals surface area contributed by atoms with Crippen LogP contribution in [-0.4, -0.2) is 28.5 Å².